The number of halogens is 1. The van der Waals surface area contributed by atoms with Crippen molar-refractivity contribution >= 4 is 27.5 Å². The van der Waals surface area contributed by atoms with E-state index in [-0.39, 0.29) is 34.9 Å². The monoisotopic (exact) mass is 603 g/mol. The number of anilines is 1. The lowest BCUT2D eigenvalue weighted by atomic mass is 10.0. The van der Waals surface area contributed by atoms with Gasteiger partial charge >= 0.3 is 0 Å². The first-order valence-electron chi connectivity index (χ1n) is 13.7. The molecule has 8 nitrogen and oxygen atoms in total. The van der Waals surface area contributed by atoms with Crippen molar-refractivity contribution in [2.45, 2.75) is 30.8 Å². The third-order valence-electron chi connectivity index (χ3n) is 7.06. The summed E-state index contributed by atoms with van der Waals surface area (Å²) in [5.74, 6) is -1.49. The Balaban J connectivity index is 1.82. The molecule has 4 rings (SSSR count). The number of hydrogen-bond acceptors (Lipinski definition) is 5. The lowest BCUT2D eigenvalue weighted by Gasteiger charge is -2.34. The number of hydrogen-bond donors (Lipinski definition) is 1. The van der Waals surface area contributed by atoms with Crippen molar-refractivity contribution in [1.29, 1.82) is 0 Å². The molecule has 0 unspecified atom stereocenters. The number of ether oxygens (including phenoxy) is 1. The molecule has 0 aliphatic heterocycles. The van der Waals surface area contributed by atoms with Crippen LogP contribution in [0.15, 0.2) is 108 Å². The molecule has 0 radical (unpaired) electrons. The van der Waals surface area contributed by atoms with Crippen LogP contribution in [-0.2, 0) is 32.6 Å². The normalized spacial score (nSPS) is 11.8. The van der Waals surface area contributed by atoms with E-state index in [1.807, 2.05) is 37.3 Å². The molecule has 0 bridgehead atoms. The number of para-hydroxylation sites is 2. The number of aryl methyl sites for hydroxylation is 1. The van der Waals surface area contributed by atoms with Gasteiger partial charge in [0.05, 0.1) is 17.7 Å². The van der Waals surface area contributed by atoms with Crippen LogP contribution >= 0.6 is 0 Å². The fourth-order valence-electron chi connectivity index (χ4n) is 4.72. The Kier molecular flexibility index (Phi) is 10.2. The fraction of sp³-hybridized carbons (Fsp3) is 0.212. The maximum atomic E-state index is 14.9. The second-order valence-electron chi connectivity index (χ2n) is 9.93. The van der Waals surface area contributed by atoms with E-state index in [1.54, 1.807) is 42.5 Å². The molecule has 1 atom stereocenters. The Morgan fingerprint density at radius 3 is 2.16 bits per heavy atom. The van der Waals surface area contributed by atoms with Crippen molar-refractivity contribution in [3.63, 3.8) is 0 Å². The number of nitrogens with zero attached hydrogens (tertiary/aromatic N) is 2. The number of carbonyl (C=O) groups is 2. The minimum Gasteiger partial charge on any atom is -0.495 e. The van der Waals surface area contributed by atoms with Gasteiger partial charge in [0, 0.05) is 25.6 Å². The summed E-state index contributed by atoms with van der Waals surface area (Å²) in [6.45, 7) is 0.901. The molecule has 0 fully saturated rings. The van der Waals surface area contributed by atoms with Crippen LogP contribution in [0.25, 0.3) is 0 Å². The molecule has 0 spiro atoms. The summed E-state index contributed by atoms with van der Waals surface area (Å²) < 4.78 is 49.5. The SMILES string of the molecule is CNC(=O)[C@@H](Cc1ccccc1)N(Cc1ccccc1F)C(=O)CN(c1ccccc1OC)S(=O)(=O)c1ccc(C)cc1. The van der Waals surface area contributed by atoms with Gasteiger partial charge in [0.25, 0.3) is 10.0 Å². The van der Waals surface area contributed by atoms with E-state index in [9.17, 15) is 22.4 Å². The molecule has 0 aliphatic rings. The van der Waals surface area contributed by atoms with Gasteiger partial charge in [-0.05, 0) is 42.8 Å². The van der Waals surface area contributed by atoms with Crippen LogP contribution in [0.3, 0.4) is 0 Å². The van der Waals surface area contributed by atoms with Gasteiger partial charge in [-0.1, -0.05) is 78.4 Å². The van der Waals surface area contributed by atoms with E-state index in [4.69, 9.17) is 4.74 Å². The first-order chi connectivity index (χ1) is 20.6. The molecular formula is C33H34FN3O5S. The first-order valence-corrected chi connectivity index (χ1v) is 15.1. The lowest BCUT2D eigenvalue weighted by Crippen LogP contribution is -2.53. The molecule has 0 aromatic heterocycles. The summed E-state index contributed by atoms with van der Waals surface area (Å²) in [5.41, 5.74) is 1.97. The summed E-state index contributed by atoms with van der Waals surface area (Å²) in [5, 5.41) is 2.61. The van der Waals surface area contributed by atoms with Crippen molar-refractivity contribution in [3.05, 3.63) is 126 Å². The first kappa shape index (κ1) is 31.2. The predicted molar refractivity (Wildman–Crippen MR) is 164 cm³/mol. The Morgan fingerprint density at radius 2 is 1.51 bits per heavy atom. The number of methoxy groups -OCH3 is 1. The number of nitrogens with one attached hydrogen (secondary N) is 1. The van der Waals surface area contributed by atoms with Gasteiger partial charge in [-0.15, -0.1) is 0 Å². The number of benzene rings is 4. The Hall–Kier alpha value is -4.70. The average molecular weight is 604 g/mol. The minimum atomic E-state index is -4.29. The number of sulfonamides is 1. The number of amides is 2. The minimum absolute atomic E-state index is 0.0235. The fourth-order valence-corrected chi connectivity index (χ4v) is 6.14. The molecule has 224 valence electrons. The predicted octanol–water partition coefficient (Wildman–Crippen LogP) is 4.72. The zero-order chi connectivity index (χ0) is 31.0. The topological polar surface area (TPSA) is 96.0 Å². The highest BCUT2D eigenvalue weighted by Gasteiger charge is 2.35. The van der Waals surface area contributed by atoms with Gasteiger partial charge in [0.2, 0.25) is 11.8 Å². The molecular weight excluding hydrogens is 569 g/mol. The van der Waals surface area contributed by atoms with Crippen LogP contribution in [0.2, 0.25) is 0 Å². The van der Waals surface area contributed by atoms with Crippen molar-refractivity contribution in [2.75, 3.05) is 25.0 Å². The molecule has 1 N–H and O–H groups in total. The molecule has 0 heterocycles. The van der Waals surface area contributed by atoms with Gasteiger partial charge in [-0.25, -0.2) is 12.8 Å². The second-order valence-corrected chi connectivity index (χ2v) is 11.8. The number of carbonyl (C=O) groups excluding carboxylic acids is 2. The maximum absolute atomic E-state index is 14.9. The summed E-state index contributed by atoms with van der Waals surface area (Å²) in [4.78, 5) is 28.8. The van der Waals surface area contributed by atoms with Gasteiger partial charge in [-0.3, -0.25) is 13.9 Å². The summed E-state index contributed by atoms with van der Waals surface area (Å²) in [6.07, 6.45) is 0.125. The van der Waals surface area contributed by atoms with E-state index in [2.05, 4.69) is 5.32 Å². The van der Waals surface area contributed by atoms with Gasteiger partial charge in [0.15, 0.2) is 0 Å². The maximum Gasteiger partial charge on any atom is 0.264 e. The Morgan fingerprint density at radius 1 is 0.884 bits per heavy atom. The van der Waals surface area contributed by atoms with Gasteiger partial charge in [-0.2, -0.15) is 0 Å². The quantitative estimate of drug-likeness (QED) is 0.253. The van der Waals surface area contributed by atoms with E-state index < -0.39 is 40.2 Å². The van der Waals surface area contributed by atoms with Gasteiger partial charge in [0.1, 0.15) is 24.2 Å². The zero-order valence-electron chi connectivity index (χ0n) is 24.2. The van der Waals surface area contributed by atoms with E-state index in [0.717, 1.165) is 15.4 Å². The summed E-state index contributed by atoms with van der Waals surface area (Å²) in [7, 11) is -1.43. The summed E-state index contributed by atoms with van der Waals surface area (Å²) in [6, 6.07) is 26.7. The molecule has 2 amide bonds. The highest BCUT2D eigenvalue weighted by atomic mass is 32.2. The van der Waals surface area contributed by atoms with E-state index in [0.29, 0.717) is 0 Å². The van der Waals surface area contributed by atoms with E-state index in [1.165, 1.54) is 49.4 Å². The third-order valence-corrected chi connectivity index (χ3v) is 8.83. The van der Waals surface area contributed by atoms with Crippen LogP contribution in [-0.4, -0.2) is 51.9 Å². The second kappa shape index (κ2) is 14.0. The molecule has 0 saturated carbocycles. The van der Waals surface area contributed by atoms with Crippen molar-refractivity contribution in [2.24, 2.45) is 0 Å². The molecule has 4 aromatic rings. The number of likely N-dealkylation sites (N-methyl/N-ethyl adjacent to an activating group) is 1. The standard InChI is InChI=1S/C33H34FN3O5S/c1-24-17-19-27(20-18-24)43(40,41)37(29-15-9-10-16-31(29)42-3)23-32(38)36(22-26-13-7-8-14-28(26)34)30(33(39)35-2)21-25-11-5-4-6-12-25/h4-20,30H,21-23H2,1-3H3,(H,35,39)/t30-/m1/s1. The van der Waals surface area contributed by atoms with E-state index >= 15 is 0 Å². The highest BCUT2D eigenvalue weighted by Crippen LogP contribution is 2.33. The highest BCUT2D eigenvalue weighted by molar-refractivity contribution is 7.92. The van der Waals surface area contributed by atoms with Crippen molar-refractivity contribution in [3.8, 4) is 5.75 Å². The zero-order valence-corrected chi connectivity index (χ0v) is 25.1. The molecule has 43 heavy (non-hydrogen) atoms. The molecule has 4 aromatic carbocycles. The van der Waals surface area contributed by atoms with Crippen LogP contribution in [0.4, 0.5) is 10.1 Å². The van der Waals surface area contributed by atoms with Crippen molar-refractivity contribution in [1.82, 2.24) is 10.2 Å². The van der Waals surface area contributed by atoms with Crippen LogP contribution in [0.5, 0.6) is 5.75 Å². The Labute approximate surface area is 251 Å². The lowest BCUT2D eigenvalue weighted by molar-refractivity contribution is -0.139. The largest absolute Gasteiger partial charge is 0.495 e. The Bertz CT molecular complexity index is 1660. The van der Waals surface area contributed by atoms with Crippen LogP contribution < -0.4 is 14.4 Å². The van der Waals surface area contributed by atoms with Gasteiger partial charge < -0.3 is 15.0 Å². The third kappa shape index (κ3) is 7.39. The molecule has 10 heteroatoms. The molecule has 0 aliphatic carbocycles. The van der Waals surface area contributed by atoms with Crippen LogP contribution in [0, 0.1) is 12.7 Å². The van der Waals surface area contributed by atoms with Crippen LogP contribution in [0.1, 0.15) is 16.7 Å². The number of rotatable bonds is 12. The van der Waals surface area contributed by atoms with Crippen molar-refractivity contribution < 1.29 is 27.1 Å². The summed E-state index contributed by atoms with van der Waals surface area (Å²) >= 11 is 0. The molecule has 0 saturated heterocycles. The average Bonchev–Trinajstić information content (AvgIpc) is 3.02. The smallest absolute Gasteiger partial charge is 0.264 e.